The highest BCUT2D eigenvalue weighted by Crippen LogP contribution is 2.44. The van der Waals surface area contributed by atoms with Gasteiger partial charge in [0, 0.05) is 47.7 Å². The van der Waals surface area contributed by atoms with Crippen molar-refractivity contribution in [1.82, 2.24) is 10.2 Å². The zero-order chi connectivity index (χ0) is 18.1. The molecule has 3 nitrogen and oxygen atoms in total. The van der Waals surface area contributed by atoms with Crippen molar-refractivity contribution in [2.75, 3.05) is 26.2 Å². The van der Waals surface area contributed by atoms with Crippen molar-refractivity contribution in [3.8, 4) is 11.1 Å². The van der Waals surface area contributed by atoms with E-state index in [9.17, 15) is 0 Å². The maximum absolute atomic E-state index is 6.59. The van der Waals surface area contributed by atoms with E-state index in [-0.39, 0.29) is 0 Å². The number of hydrogen-bond donors (Lipinski definition) is 2. The molecular weight excluding hydrogens is 365 g/mol. The summed E-state index contributed by atoms with van der Waals surface area (Å²) in [6.45, 7) is 4.27. The Morgan fingerprint density at radius 1 is 1.12 bits per heavy atom. The molecule has 5 heteroatoms. The summed E-state index contributed by atoms with van der Waals surface area (Å²) >= 11 is 12.7. The Morgan fingerprint density at radius 2 is 1.96 bits per heavy atom. The molecule has 1 aliphatic carbocycles. The lowest BCUT2D eigenvalue weighted by molar-refractivity contribution is 0.331. The summed E-state index contributed by atoms with van der Waals surface area (Å²) in [5, 5.41) is 5.26. The highest BCUT2D eigenvalue weighted by Gasteiger charge is 2.39. The minimum Gasteiger partial charge on any atom is -0.326 e. The fourth-order valence-corrected chi connectivity index (χ4v) is 4.42. The maximum Gasteiger partial charge on any atom is 0.0447 e. The van der Waals surface area contributed by atoms with E-state index in [1.54, 1.807) is 0 Å². The second-order valence-corrected chi connectivity index (χ2v) is 8.34. The molecule has 0 aromatic heterocycles. The van der Waals surface area contributed by atoms with Gasteiger partial charge in [0.05, 0.1) is 0 Å². The highest BCUT2D eigenvalue weighted by molar-refractivity contribution is 6.32. The van der Waals surface area contributed by atoms with Crippen LogP contribution in [0.3, 0.4) is 0 Å². The quantitative estimate of drug-likeness (QED) is 0.779. The second-order valence-electron chi connectivity index (χ2n) is 7.50. The van der Waals surface area contributed by atoms with Crippen molar-refractivity contribution >= 4 is 23.2 Å². The van der Waals surface area contributed by atoms with Gasteiger partial charge in [-0.1, -0.05) is 47.5 Å². The molecule has 138 valence electrons. The molecule has 1 heterocycles. The van der Waals surface area contributed by atoms with Crippen molar-refractivity contribution < 1.29 is 0 Å². The molecule has 2 aliphatic rings. The van der Waals surface area contributed by atoms with E-state index in [4.69, 9.17) is 28.9 Å². The number of nitrogens with zero attached hydrogens (tertiary/aromatic N) is 1. The molecule has 3 N–H and O–H groups in total. The average Bonchev–Trinajstić information content (AvgIpc) is 3.26. The Labute approximate surface area is 165 Å². The van der Waals surface area contributed by atoms with Gasteiger partial charge in [0.1, 0.15) is 0 Å². The zero-order valence-electron chi connectivity index (χ0n) is 14.8. The van der Waals surface area contributed by atoms with E-state index in [0.717, 1.165) is 60.2 Å². The molecule has 0 amide bonds. The topological polar surface area (TPSA) is 41.3 Å². The van der Waals surface area contributed by atoms with Crippen LogP contribution in [-0.4, -0.2) is 43.2 Å². The minimum absolute atomic E-state index is 0.362. The van der Waals surface area contributed by atoms with Crippen LogP contribution in [-0.2, 0) is 0 Å². The number of hydrogen-bond acceptors (Lipinski definition) is 3. The van der Waals surface area contributed by atoms with E-state index >= 15 is 0 Å². The van der Waals surface area contributed by atoms with Crippen LogP contribution in [0, 0.1) is 0 Å². The number of nitrogens with two attached hydrogens (primary N) is 1. The first kappa shape index (κ1) is 18.3. The SMILES string of the molecule is N[C@@H]1CCN(CCNC2CC2c2ccc(-c3cccc(Cl)c3)cc2Cl)C1. The van der Waals surface area contributed by atoms with Gasteiger partial charge in [-0.05, 0) is 54.3 Å². The lowest BCUT2D eigenvalue weighted by atomic mass is 10.0. The van der Waals surface area contributed by atoms with Gasteiger partial charge in [0.2, 0.25) is 0 Å². The van der Waals surface area contributed by atoms with Crippen LogP contribution >= 0.6 is 23.2 Å². The molecule has 4 rings (SSSR count). The number of nitrogens with one attached hydrogen (secondary N) is 1. The fraction of sp³-hybridized carbons (Fsp3) is 0.429. The van der Waals surface area contributed by atoms with Crippen molar-refractivity contribution in [3.05, 3.63) is 58.1 Å². The number of likely N-dealkylation sites (tertiary alicyclic amines) is 1. The standard InChI is InChI=1S/C21H25Cl2N3/c22-16-3-1-2-14(10-16)15-4-5-18(20(23)11-15)19-12-21(19)25-7-9-26-8-6-17(24)13-26/h1-5,10-11,17,19,21,25H,6-9,12-13,24H2/t17-,19?,21?/m1/s1. The number of halogens is 2. The summed E-state index contributed by atoms with van der Waals surface area (Å²) in [4.78, 5) is 2.45. The minimum atomic E-state index is 0.362. The number of benzene rings is 2. The second kappa shape index (κ2) is 7.87. The Hall–Kier alpha value is -1.10. The molecule has 0 spiro atoms. The van der Waals surface area contributed by atoms with Crippen LogP contribution in [0.2, 0.25) is 10.0 Å². The third kappa shape index (κ3) is 4.24. The Kier molecular flexibility index (Phi) is 5.53. The first-order valence-electron chi connectivity index (χ1n) is 9.37. The summed E-state index contributed by atoms with van der Waals surface area (Å²) in [6, 6.07) is 15.2. The molecule has 1 aliphatic heterocycles. The van der Waals surface area contributed by atoms with E-state index in [1.165, 1.54) is 5.56 Å². The summed E-state index contributed by atoms with van der Waals surface area (Å²) in [6.07, 6.45) is 2.29. The van der Waals surface area contributed by atoms with Gasteiger partial charge >= 0.3 is 0 Å². The first-order valence-corrected chi connectivity index (χ1v) is 10.1. The Bertz CT molecular complexity index is 780. The molecular formula is C21H25Cl2N3. The normalized spacial score (nSPS) is 25.6. The summed E-state index contributed by atoms with van der Waals surface area (Å²) in [5.41, 5.74) is 9.42. The molecule has 0 bridgehead atoms. The molecule has 26 heavy (non-hydrogen) atoms. The smallest absolute Gasteiger partial charge is 0.0447 e. The van der Waals surface area contributed by atoms with Gasteiger partial charge < -0.3 is 16.0 Å². The van der Waals surface area contributed by atoms with Gasteiger partial charge in [0.25, 0.3) is 0 Å². The van der Waals surface area contributed by atoms with Crippen LogP contribution in [0.5, 0.6) is 0 Å². The van der Waals surface area contributed by atoms with Gasteiger partial charge in [-0.3, -0.25) is 0 Å². The van der Waals surface area contributed by atoms with Crippen LogP contribution in [0.1, 0.15) is 24.3 Å². The van der Waals surface area contributed by atoms with E-state index in [0.29, 0.717) is 18.0 Å². The Morgan fingerprint density at radius 3 is 2.69 bits per heavy atom. The van der Waals surface area contributed by atoms with Gasteiger partial charge in [-0.25, -0.2) is 0 Å². The molecule has 1 saturated heterocycles. The van der Waals surface area contributed by atoms with E-state index in [2.05, 4.69) is 34.5 Å². The largest absolute Gasteiger partial charge is 0.326 e. The number of rotatable bonds is 6. The Balaban J connectivity index is 1.33. The van der Waals surface area contributed by atoms with Crippen molar-refractivity contribution in [2.45, 2.75) is 30.8 Å². The predicted octanol–water partition coefficient (Wildman–Crippen LogP) is 4.14. The van der Waals surface area contributed by atoms with Crippen molar-refractivity contribution in [3.63, 3.8) is 0 Å². The molecule has 2 aromatic rings. The van der Waals surface area contributed by atoms with Gasteiger partial charge in [-0.15, -0.1) is 0 Å². The molecule has 2 fully saturated rings. The zero-order valence-corrected chi connectivity index (χ0v) is 16.3. The average molecular weight is 390 g/mol. The van der Waals surface area contributed by atoms with Gasteiger partial charge in [0.15, 0.2) is 0 Å². The first-order chi connectivity index (χ1) is 12.6. The monoisotopic (exact) mass is 389 g/mol. The molecule has 3 atom stereocenters. The van der Waals surface area contributed by atoms with Crippen LogP contribution in [0.25, 0.3) is 11.1 Å². The highest BCUT2D eigenvalue weighted by atomic mass is 35.5. The van der Waals surface area contributed by atoms with Crippen molar-refractivity contribution in [1.29, 1.82) is 0 Å². The molecule has 2 aromatic carbocycles. The van der Waals surface area contributed by atoms with E-state index in [1.807, 2.05) is 18.2 Å². The summed E-state index contributed by atoms with van der Waals surface area (Å²) < 4.78 is 0. The van der Waals surface area contributed by atoms with E-state index < -0.39 is 0 Å². The molecule has 2 unspecified atom stereocenters. The molecule has 0 radical (unpaired) electrons. The van der Waals surface area contributed by atoms with Crippen LogP contribution in [0.4, 0.5) is 0 Å². The van der Waals surface area contributed by atoms with Crippen LogP contribution in [0.15, 0.2) is 42.5 Å². The lowest BCUT2D eigenvalue weighted by Crippen LogP contribution is -2.33. The molecule has 1 saturated carbocycles. The third-order valence-corrected chi connectivity index (χ3v) is 6.05. The maximum atomic E-state index is 6.59. The summed E-state index contributed by atoms with van der Waals surface area (Å²) in [7, 11) is 0. The third-order valence-electron chi connectivity index (χ3n) is 5.49. The lowest BCUT2D eigenvalue weighted by Gasteiger charge is -2.15. The van der Waals surface area contributed by atoms with Crippen molar-refractivity contribution in [2.24, 2.45) is 5.73 Å². The van der Waals surface area contributed by atoms with Gasteiger partial charge in [-0.2, -0.15) is 0 Å². The summed E-state index contributed by atoms with van der Waals surface area (Å²) in [5.74, 6) is 0.525. The predicted molar refractivity (Wildman–Crippen MR) is 110 cm³/mol. The van der Waals surface area contributed by atoms with Crippen LogP contribution < -0.4 is 11.1 Å². The fourth-order valence-electron chi connectivity index (χ4n) is 3.91.